The number of thiazole rings is 1. The van der Waals surface area contributed by atoms with Gasteiger partial charge in [-0.25, -0.2) is 4.98 Å². The number of aromatic nitrogens is 1. The summed E-state index contributed by atoms with van der Waals surface area (Å²) in [6, 6.07) is 9.58. The highest BCUT2D eigenvalue weighted by atomic mass is 32.1. The first kappa shape index (κ1) is 17.6. The Hall–Kier alpha value is -2.21. The zero-order chi connectivity index (χ0) is 18.2. The molecule has 0 bridgehead atoms. The molecule has 2 atom stereocenters. The number of carboxylic acid groups (broad SMARTS) is 1. The van der Waals surface area contributed by atoms with Crippen molar-refractivity contribution in [3.63, 3.8) is 0 Å². The van der Waals surface area contributed by atoms with Gasteiger partial charge in [-0.2, -0.15) is 0 Å². The highest BCUT2D eigenvalue weighted by molar-refractivity contribution is 7.11. The third-order valence-electron chi connectivity index (χ3n) is 4.62. The number of hydrogen-bond acceptors (Lipinski definition) is 4. The minimum Gasteiger partial charge on any atom is -0.481 e. The molecule has 2 heterocycles. The normalized spacial score (nSPS) is 20.7. The predicted octanol–water partition coefficient (Wildman–Crippen LogP) is 3.38. The molecule has 0 radical (unpaired) electrons. The van der Waals surface area contributed by atoms with Gasteiger partial charge in [0.1, 0.15) is 4.88 Å². The van der Waals surface area contributed by atoms with E-state index in [1.54, 1.807) is 10.4 Å². The van der Waals surface area contributed by atoms with E-state index in [0.717, 1.165) is 11.3 Å². The lowest BCUT2D eigenvalue weighted by Crippen LogP contribution is -2.31. The molecule has 1 aliphatic heterocycles. The van der Waals surface area contributed by atoms with Crippen molar-refractivity contribution in [2.24, 2.45) is 5.92 Å². The first-order valence-electron chi connectivity index (χ1n) is 8.30. The lowest BCUT2D eigenvalue weighted by molar-refractivity contribution is -0.141. The Morgan fingerprint density at radius 2 is 1.88 bits per heavy atom. The monoisotopic (exact) mass is 358 g/mol. The van der Waals surface area contributed by atoms with Crippen LogP contribution in [0.5, 0.6) is 0 Å². The van der Waals surface area contributed by atoms with Crippen molar-refractivity contribution < 1.29 is 14.7 Å². The van der Waals surface area contributed by atoms with E-state index in [0.29, 0.717) is 11.4 Å². The van der Waals surface area contributed by atoms with Crippen LogP contribution in [0.3, 0.4) is 0 Å². The Morgan fingerprint density at radius 3 is 2.48 bits per heavy atom. The molecule has 0 saturated carbocycles. The summed E-state index contributed by atoms with van der Waals surface area (Å²) in [6.07, 6.45) is 0. The van der Waals surface area contributed by atoms with Gasteiger partial charge in [-0.05, 0) is 5.56 Å². The van der Waals surface area contributed by atoms with Crippen molar-refractivity contribution >= 4 is 23.2 Å². The molecule has 1 aromatic carbocycles. The number of amides is 1. The maximum Gasteiger partial charge on any atom is 0.308 e. The van der Waals surface area contributed by atoms with Crippen LogP contribution in [0, 0.1) is 5.92 Å². The summed E-state index contributed by atoms with van der Waals surface area (Å²) < 4.78 is 0. The van der Waals surface area contributed by atoms with E-state index in [1.807, 2.05) is 51.1 Å². The Morgan fingerprint density at radius 1 is 1.20 bits per heavy atom. The highest BCUT2D eigenvalue weighted by Crippen LogP contribution is 2.35. The Balaban J connectivity index is 1.88. The molecule has 0 aliphatic carbocycles. The number of likely N-dealkylation sites (tertiary alicyclic amines) is 1. The summed E-state index contributed by atoms with van der Waals surface area (Å²) in [6.45, 7) is 6.72. The van der Waals surface area contributed by atoms with Gasteiger partial charge in [-0.15, -0.1) is 11.3 Å². The van der Waals surface area contributed by atoms with Crippen molar-refractivity contribution in [2.45, 2.75) is 32.1 Å². The maximum atomic E-state index is 13.0. The number of nitrogens with zero attached hydrogens (tertiary/aromatic N) is 2. The largest absolute Gasteiger partial charge is 0.481 e. The minimum atomic E-state index is -0.857. The third kappa shape index (κ3) is 3.44. The SMILES string of the molecule is CC(C)(C)c1ncsc1C(=O)N1C[C@H](C(=O)O)[C@H](c2ccccc2)C1. The van der Waals surface area contributed by atoms with Crippen LogP contribution in [0.15, 0.2) is 35.8 Å². The van der Waals surface area contributed by atoms with Gasteiger partial charge in [0.25, 0.3) is 5.91 Å². The van der Waals surface area contributed by atoms with Gasteiger partial charge in [0.15, 0.2) is 0 Å². The summed E-state index contributed by atoms with van der Waals surface area (Å²) in [5, 5.41) is 9.61. The molecule has 5 nitrogen and oxygen atoms in total. The molecule has 1 aromatic heterocycles. The third-order valence-corrected chi connectivity index (χ3v) is 5.44. The van der Waals surface area contributed by atoms with Gasteiger partial charge in [0.05, 0.1) is 17.1 Å². The van der Waals surface area contributed by atoms with Crippen LogP contribution in [0.4, 0.5) is 0 Å². The van der Waals surface area contributed by atoms with Gasteiger partial charge in [-0.1, -0.05) is 51.1 Å². The van der Waals surface area contributed by atoms with Crippen molar-refractivity contribution in [3.8, 4) is 0 Å². The summed E-state index contributed by atoms with van der Waals surface area (Å²) in [5.74, 6) is -1.74. The van der Waals surface area contributed by atoms with Gasteiger partial charge < -0.3 is 10.0 Å². The van der Waals surface area contributed by atoms with Crippen LogP contribution < -0.4 is 0 Å². The highest BCUT2D eigenvalue weighted by Gasteiger charge is 2.41. The van der Waals surface area contributed by atoms with Crippen LogP contribution in [0.25, 0.3) is 0 Å². The van der Waals surface area contributed by atoms with Crippen molar-refractivity contribution in [2.75, 3.05) is 13.1 Å². The van der Waals surface area contributed by atoms with E-state index in [1.165, 1.54) is 11.3 Å². The van der Waals surface area contributed by atoms with Crippen molar-refractivity contribution in [1.29, 1.82) is 0 Å². The lowest BCUT2D eigenvalue weighted by Gasteiger charge is -2.20. The molecule has 1 amide bonds. The number of aliphatic carboxylic acids is 1. The first-order chi connectivity index (χ1) is 11.8. The van der Waals surface area contributed by atoms with Gasteiger partial charge in [0, 0.05) is 24.4 Å². The number of carboxylic acids is 1. The lowest BCUT2D eigenvalue weighted by atomic mass is 9.89. The summed E-state index contributed by atoms with van der Waals surface area (Å²) >= 11 is 1.33. The number of carbonyl (C=O) groups excluding carboxylic acids is 1. The van der Waals surface area contributed by atoms with Crippen LogP contribution in [0.1, 0.15) is 47.6 Å². The second-order valence-corrected chi connectivity index (χ2v) is 8.31. The molecule has 1 aliphatic rings. The van der Waals surface area contributed by atoms with Crippen molar-refractivity contribution in [3.05, 3.63) is 52.0 Å². The van der Waals surface area contributed by atoms with E-state index >= 15 is 0 Å². The molecule has 3 rings (SSSR count). The van der Waals surface area contributed by atoms with Crippen LogP contribution in [-0.4, -0.2) is 40.0 Å². The summed E-state index contributed by atoms with van der Waals surface area (Å²) in [5.41, 5.74) is 3.20. The number of benzene rings is 1. The van der Waals surface area contributed by atoms with E-state index in [4.69, 9.17) is 0 Å². The molecule has 0 unspecified atom stereocenters. The number of hydrogen-bond donors (Lipinski definition) is 1. The minimum absolute atomic E-state index is 0.114. The second-order valence-electron chi connectivity index (χ2n) is 7.45. The predicted molar refractivity (Wildman–Crippen MR) is 97.0 cm³/mol. The smallest absolute Gasteiger partial charge is 0.308 e. The fraction of sp³-hybridized carbons (Fsp3) is 0.421. The molecule has 1 N–H and O–H groups in total. The quantitative estimate of drug-likeness (QED) is 0.913. The summed E-state index contributed by atoms with van der Waals surface area (Å²) in [7, 11) is 0. The van der Waals surface area contributed by atoms with Gasteiger partial charge in [0.2, 0.25) is 0 Å². The zero-order valence-electron chi connectivity index (χ0n) is 14.6. The van der Waals surface area contributed by atoms with Crippen molar-refractivity contribution in [1.82, 2.24) is 9.88 Å². The maximum absolute atomic E-state index is 13.0. The molecule has 2 aromatic rings. The average molecular weight is 358 g/mol. The molecule has 0 spiro atoms. The van der Waals surface area contributed by atoms with E-state index in [2.05, 4.69) is 4.98 Å². The Kier molecular flexibility index (Phi) is 4.64. The average Bonchev–Trinajstić information content (AvgIpc) is 3.22. The second kappa shape index (κ2) is 6.59. The standard InChI is InChI=1S/C19H22N2O3S/c1-19(2,3)16-15(25-11-20-16)17(22)21-9-13(14(10-21)18(23)24)12-7-5-4-6-8-12/h4-8,11,13-14H,9-10H2,1-3H3,(H,23,24)/t13-,14-/m0/s1. The van der Waals surface area contributed by atoms with Crippen LogP contribution in [0.2, 0.25) is 0 Å². The fourth-order valence-electron chi connectivity index (χ4n) is 3.33. The Labute approximate surface area is 151 Å². The molecule has 6 heteroatoms. The van der Waals surface area contributed by atoms with E-state index in [9.17, 15) is 14.7 Å². The van der Waals surface area contributed by atoms with E-state index < -0.39 is 11.9 Å². The summed E-state index contributed by atoms with van der Waals surface area (Å²) in [4.78, 5) is 31.4. The van der Waals surface area contributed by atoms with Crippen LogP contribution in [-0.2, 0) is 10.2 Å². The number of rotatable bonds is 3. The Bertz CT molecular complexity index is 779. The fourth-order valence-corrected chi connectivity index (χ4v) is 4.30. The van der Waals surface area contributed by atoms with Gasteiger partial charge in [-0.3, -0.25) is 9.59 Å². The molecule has 25 heavy (non-hydrogen) atoms. The first-order valence-corrected chi connectivity index (χ1v) is 9.18. The van der Waals surface area contributed by atoms with Gasteiger partial charge >= 0.3 is 5.97 Å². The molecule has 1 saturated heterocycles. The topological polar surface area (TPSA) is 70.5 Å². The molecule has 132 valence electrons. The van der Waals surface area contributed by atoms with Crippen LogP contribution >= 0.6 is 11.3 Å². The zero-order valence-corrected chi connectivity index (χ0v) is 15.4. The van der Waals surface area contributed by atoms with E-state index in [-0.39, 0.29) is 23.8 Å². The number of carbonyl (C=O) groups is 2. The molecular formula is C19H22N2O3S. The molecular weight excluding hydrogens is 336 g/mol. The molecule has 1 fully saturated rings.